The molecule has 3 nitrogen and oxygen atoms in total. The summed E-state index contributed by atoms with van der Waals surface area (Å²) in [6.45, 7) is 1.69. The van der Waals surface area contributed by atoms with E-state index in [1.165, 1.54) is 6.07 Å². The third kappa shape index (κ3) is 2.07. The molecular formula is C11H12F3NO2S. The smallest absolute Gasteiger partial charge is 0.270 e. The number of hydrogen-bond donors (Lipinski definition) is 0. The molecule has 0 radical (unpaired) electrons. The van der Waals surface area contributed by atoms with Gasteiger partial charge in [0.2, 0.25) is 10.0 Å². The first-order valence-corrected chi connectivity index (χ1v) is 7.14. The Kier molecular flexibility index (Phi) is 2.84. The summed E-state index contributed by atoms with van der Waals surface area (Å²) in [5, 5.41) is 0. The minimum absolute atomic E-state index is 0.0715. The fourth-order valence-corrected chi connectivity index (χ4v) is 3.28. The van der Waals surface area contributed by atoms with Crippen LogP contribution in [0.5, 0.6) is 0 Å². The predicted molar refractivity (Wildman–Crippen MR) is 62.1 cm³/mol. The molecule has 0 fully saturated rings. The zero-order valence-corrected chi connectivity index (χ0v) is 10.7. The maximum atomic E-state index is 12.8. The van der Waals surface area contributed by atoms with Crippen LogP contribution in [0, 0.1) is 6.92 Å². The van der Waals surface area contributed by atoms with Crippen LogP contribution in [0.15, 0.2) is 12.1 Å². The van der Waals surface area contributed by atoms with Crippen LogP contribution < -0.4 is 4.31 Å². The first-order valence-electron chi connectivity index (χ1n) is 5.30. The van der Waals surface area contributed by atoms with Gasteiger partial charge in [0.1, 0.15) is 0 Å². The standard InChI is InChI=1S/C11H12F3NO2S/c1-7-3-4-9(11(12,13)14)8-5-6-15(10(7)8)18(2,16)17/h3-4H,5-6H2,1-2H3. The van der Waals surface area contributed by atoms with Gasteiger partial charge in [-0.2, -0.15) is 13.2 Å². The molecule has 0 amide bonds. The zero-order valence-electron chi connectivity index (χ0n) is 9.87. The fourth-order valence-electron chi connectivity index (χ4n) is 2.28. The Hall–Kier alpha value is -1.24. The van der Waals surface area contributed by atoms with E-state index in [1.54, 1.807) is 6.92 Å². The summed E-state index contributed by atoms with van der Waals surface area (Å²) in [5.74, 6) is 0. The van der Waals surface area contributed by atoms with Crippen molar-refractivity contribution >= 4 is 15.7 Å². The Labute approximate surface area is 103 Å². The van der Waals surface area contributed by atoms with Crippen LogP contribution in [0.3, 0.4) is 0 Å². The molecule has 0 aromatic heterocycles. The first-order chi connectivity index (χ1) is 8.12. The van der Waals surface area contributed by atoms with Crippen LogP contribution in [-0.4, -0.2) is 21.2 Å². The molecule has 1 aliphatic heterocycles. The molecule has 0 aliphatic carbocycles. The van der Waals surface area contributed by atoms with Gasteiger partial charge >= 0.3 is 6.18 Å². The molecule has 1 heterocycles. The van der Waals surface area contributed by atoms with Crippen molar-refractivity contribution < 1.29 is 21.6 Å². The van der Waals surface area contributed by atoms with E-state index in [9.17, 15) is 21.6 Å². The molecule has 100 valence electrons. The number of sulfonamides is 1. The third-order valence-corrected chi connectivity index (χ3v) is 4.17. The second-order valence-corrected chi connectivity index (χ2v) is 6.25. The average molecular weight is 279 g/mol. The van der Waals surface area contributed by atoms with Crippen molar-refractivity contribution in [2.45, 2.75) is 19.5 Å². The highest BCUT2D eigenvalue weighted by Crippen LogP contribution is 2.42. The van der Waals surface area contributed by atoms with Crippen LogP contribution in [-0.2, 0) is 22.6 Å². The van der Waals surface area contributed by atoms with E-state index in [1.807, 2.05) is 0 Å². The first kappa shape index (κ1) is 13.2. The molecule has 0 bridgehead atoms. The largest absolute Gasteiger partial charge is 0.416 e. The van der Waals surface area contributed by atoms with Crippen LogP contribution in [0.25, 0.3) is 0 Å². The van der Waals surface area contributed by atoms with E-state index < -0.39 is 21.8 Å². The lowest BCUT2D eigenvalue weighted by molar-refractivity contribution is -0.138. The van der Waals surface area contributed by atoms with Crippen molar-refractivity contribution in [2.75, 3.05) is 17.1 Å². The van der Waals surface area contributed by atoms with Crippen molar-refractivity contribution in [3.8, 4) is 0 Å². The molecule has 2 rings (SSSR count). The Morgan fingerprint density at radius 1 is 1.28 bits per heavy atom. The molecule has 18 heavy (non-hydrogen) atoms. The lowest BCUT2D eigenvalue weighted by Crippen LogP contribution is -2.28. The van der Waals surface area contributed by atoms with Gasteiger partial charge in [-0.25, -0.2) is 8.42 Å². The van der Waals surface area contributed by atoms with Crippen LogP contribution >= 0.6 is 0 Å². The summed E-state index contributed by atoms with van der Waals surface area (Å²) in [7, 11) is -3.53. The molecule has 0 unspecified atom stereocenters. The van der Waals surface area contributed by atoms with Gasteiger partial charge in [-0.3, -0.25) is 4.31 Å². The van der Waals surface area contributed by atoms with Gasteiger partial charge in [0.05, 0.1) is 17.5 Å². The highest BCUT2D eigenvalue weighted by molar-refractivity contribution is 7.92. The second-order valence-electron chi connectivity index (χ2n) is 4.34. The van der Waals surface area contributed by atoms with Crippen molar-refractivity contribution in [3.05, 3.63) is 28.8 Å². The molecule has 0 atom stereocenters. The lowest BCUT2D eigenvalue weighted by atomic mass is 10.0. The van der Waals surface area contributed by atoms with Crippen molar-refractivity contribution in [3.63, 3.8) is 0 Å². The molecule has 0 spiro atoms. The Balaban J connectivity index is 2.68. The summed E-state index contributed by atoms with van der Waals surface area (Å²) in [5.41, 5.74) is 0.0652. The Morgan fingerprint density at radius 2 is 1.89 bits per heavy atom. The van der Waals surface area contributed by atoms with Crippen LogP contribution in [0.1, 0.15) is 16.7 Å². The zero-order chi connectivity index (χ0) is 13.7. The number of anilines is 1. The van der Waals surface area contributed by atoms with E-state index in [-0.39, 0.29) is 24.2 Å². The maximum Gasteiger partial charge on any atom is 0.416 e. The second kappa shape index (κ2) is 3.88. The summed E-state index contributed by atoms with van der Waals surface area (Å²) >= 11 is 0. The van der Waals surface area contributed by atoms with Gasteiger partial charge in [0, 0.05) is 6.54 Å². The summed E-state index contributed by atoms with van der Waals surface area (Å²) < 4.78 is 62.6. The van der Waals surface area contributed by atoms with Crippen molar-refractivity contribution in [1.29, 1.82) is 0 Å². The van der Waals surface area contributed by atoms with Gasteiger partial charge in [-0.1, -0.05) is 6.07 Å². The van der Waals surface area contributed by atoms with Crippen molar-refractivity contribution in [1.82, 2.24) is 0 Å². The Morgan fingerprint density at radius 3 is 2.39 bits per heavy atom. The van der Waals surface area contributed by atoms with E-state index in [0.29, 0.717) is 5.56 Å². The quantitative estimate of drug-likeness (QED) is 0.791. The molecule has 1 aliphatic rings. The van der Waals surface area contributed by atoms with Gasteiger partial charge in [0.15, 0.2) is 0 Å². The fraction of sp³-hybridized carbons (Fsp3) is 0.455. The minimum atomic E-state index is -4.45. The topological polar surface area (TPSA) is 37.4 Å². The van der Waals surface area contributed by atoms with Gasteiger partial charge in [-0.05, 0) is 30.5 Å². The number of fused-ring (bicyclic) bond motifs is 1. The molecule has 0 saturated carbocycles. The van der Waals surface area contributed by atoms with Gasteiger partial charge in [-0.15, -0.1) is 0 Å². The molecular weight excluding hydrogens is 267 g/mol. The van der Waals surface area contributed by atoms with Crippen LogP contribution in [0.4, 0.5) is 18.9 Å². The van der Waals surface area contributed by atoms with E-state index >= 15 is 0 Å². The third-order valence-electron chi connectivity index (χ3n) is 3.00. The van der Waals surface area contributed by atoms with Gasteiger partial charge in [0.25, 0.3) is 0 Å². The molecule has 0 saturated heterocycles. The number of benzene rings is 1. The summed E-state index contributed by atoms with van der Waals surface area (Å²) in [6.07, 6.45) is -3.36. The SMILES string of the molecule is Cc1ccc(C(F)(F)F)c2c1N(S(C)(=O)=O)CC2. The number of halogens is 3. The highest BCUT2D eigenvalue weighted by Gasteiger charge is 2.39. The van der Waals surface area contributed by atoms with E-state index in [0.717, 1.165) is 16.6 Å². The molecule has 0 N–H and O–H groups in total. The molecule has 7 heteroatoms. The van der Waals surface area contributed by atoms with E-state index in [2.05, 4.69) is 0 Å². The monoisotopic (exact) mass is 279 g/mol. The Bertz CT molecular complexity index is 593. The predicted octanol–water partition coefficient (Wildman–Crippen LogP) is 2.34. The average Bonchev–Trinajstić information content (AvgIpc) is 2.60. The van der Waals surface area contributed by atoms with E-state index in [4.69, 9.17) is 0 Å². The number of aryl methyl sites for hydroxylation is 1. The number of nitrogens with zero attached hydrogens (tertiary/aromatic N) is 1. The van der Waals surface area contributed by atoms with Crippen molar-refractivity contribution in [2.24, 2.45) is 0 Å². The summed E-state index contributed by atoms with van der Waals surface area (Å²) in [4.78, 5) is 0. The lowest BCUT2D eigenvalue weighted by Gasteiger charge is -2.20. The molecule has 1 aromatic rings. The minimum Gasteiger partial charge on any atom is -0.270 e. The van der Waals surface area contributed by atoms with Gasteiger partial charge < -0.3 is 0 Å². The maximum absolute atomic E-state index is 12.8. The molecule has 1 aromatic carbocycles. The number of rotatable bonds is 1. The highest BCUT2D eigenvalue weighted by atomic mass is 32.2. The number of hydrogen-bond acceptors (Lipinski definition) is 2. The number of alkyl halides is 3. The summed E-state index contributed by atoms with van der Waals surface area (Å²) in [6, 6.07) is 2.32. The van der Waals surface area contributed by atoms with Crippen LogP contribution in [0.2, 0.25) is 0 Å². The normalized spacial score (nSPS) is 15.9.